The molecular weight excluding hydrogens is 342 g/mol. The van der Waals surface area contributed by atoms with Gasteiger partial charge in [-0.05, 0) is 24.5 Å². The SMILES string of the molecule is CC(NC(=O)c1cc(Cl)nc(-c2cccc([N+](=O)[O-])c2)c1)C(C)(C)C. The van der Waals surface area contributed by atoms with Crippen molar-refractivity contribution in [2.45, 2.75) is 33.7 Å². The standard InChI is InChI=1S/C18H20ClN3O3/c1-11(18(2,3)4)20-17(23)13-9-15(21-16(19)10-13)12-6-5-7-14(8-12)22(24)25/h5-11H,1-4H3,(H,20,23). The highest BCUT2D eigenvalue weighted by molar-refractivity contribution is 6.30. The number of aromatic nitrogens is 1. The van der Waals surface area contributed by atoms with Gasteiger partial charge in [0.1, 0.15) is 5.15 Å². The second-order valence-electron chi connectivity index (χ2n) is 6.93. The first-order chi connectivity index (χ1) is 11.6. The van der Waals surface area contributed by atoms with E-state index in [9.17, 15) is 14.9 Å². The van der Waals surface area contributed by atoms with Crippen LogP contribution in [0.1, 0.15) is 38.1 Å². The number of benzene rings is 1. The molecule has 2 aromatic rings. The molecule has 1 aromatic heterocycles. The number of nitrogens with zero attached hydrogens (tertiary/aromatic N) is 2. The van der Waals surface area contributed by atoms with Crippen LogP contribution in [0, 0.1) is 15.5 Å². The molecule has 0 aliphatic heterocycles. The number of carbonyl (C=O) groups excluding carboxylic acids is 1. The van der Waals surface area contributed by atoms with Crippen LogP contribution in [-0.4, -0.2) is 21.9 Å². The van der Waals surface area contributed by atoms with Crippen LogP contribution in [0.15, 0.2) is 36.4 Å². The van der Waals surface area contributed by atoms with E-state index in [0.717, 1.165) is 0 Å². The average molecular weight is 362 g/mol. The topological polar surface area (TPSA) is 85.1 Å². The van der Waals surface area contributed by atoms with Crippen molar-refractivity contribution in [3.8, 4) is 11.3 Å². The van der Waals surface area contributed by atoms with Gasteiger partial charge in [-0.2, -0.15) is 0 Å². The van der Waals surface area contributed by atoms with Gasteiger partial charge in [0.05, 0.1) is 10.6 Å². The maximum Gasteiger partial charge on any atom is 0.270 e. The average Bonchev–Trinajstić information content (AvgIpc) is 2.53. The molecule has 0 fully saturated rings. The van der Waals surface area contributed by atoms with E-state index in [1.807, 2.05) is 27.7 Å². The number of hydrogen-bond acceptors (Lipinski definition) is 4. The van der Waals surface area contributed by atoms with Gasteiger partial charge in [0.2, 0.25) is 0 Å². The van der Waals surface area contributed by atoms with Gasteiger partial charge in [-0.3, -0.25) is 14.9 Å². The minimum atomic E-state index is -0.479. The van der Waals surface area contributed by atoms with Crippen LogP contribution >= 0.6 is 11.6 Å². The minimum Gasteiger partial charge on any atom is -0.349 e. The summed E-state index contributed by atoms with van der Waals surface area (Å²) in [6, 6.07) is 9.06. The lowest BCUT2D eigenvalue weighted by Gasteiger charge is -2.28. The third kappa shape index (κ3) is 4.76. The van der Waals surface area contributed by atoms with Crippen molar-refractivity contribution >= 4 is 23.2 Å². The Kier molecular flexibility index (Phi) is 5.42. The summed E-state index contributed by atoms with van der Waals surface area (Å²) in [5, 5.41) is 14.0. The van der Waals surface area contributed by atoms with Crippen LogP contribution in [-0.2, 0) is 0 Å². The van der Waals surface area contributed by atoms with Gasteiger partial charge in [-0.25, -0.2) is 4.98 Å². The third-order valence-corrected chi connectivity index (χ3v) is 4.25. The van der Waals surface area contributed by atoms with E-state index in [1.165, 1.54) is 18.2 Å². The largest absolute Gasteiger partial charge is 0.349 e. The number of nitro groups is 1. The van der Waals surface area contributed by atoms with Crippen LogP contribution in [0.25, 0.3) is 11.3 Å². The van der Waals surface area contributed by atoms with Gasteiger partial charge >= 0.3 is 0 Å². The first-order valence-corrected chi connectivity index (χ1v) is 8.19. The Balaban J connectivity index is 2.36. The highest BCUT2D eigenvalue weighted by Crippen LogP contribution is 2.25. The highest BCUT2D eigenvalue weighted by atomic mass is 35.5. The van der Waals surface area contributed by atoms with Crippen molar-refractivity contribution < 1.29 is 9.72 Å². The molecular formula is C18H20ClN3O3. The summed E-state index contributed by atoms with van der Waals surface area (Å²) in [6.07, 6.45) is 0. The maximum absolute atomic E-state index is 12.5. The number of carbonyl (C=O) groups is 1. The van der Waals surface area contributed by atoms with E-state index in [0.29, 0.717) is 16.8 Å². The predicted octanol–water partition coefficient (Wildman–Crippen LogP) is 4.47. The smallest absolute Gasteiger partial charge is 0.270 e. The Hall–Kier alpha value is -2.47. The lowest BCUT2D eigenvalue weighted by Crippen LogP contribution is -2.41. The second kappa shape index (κ2) is 7.19. The first-order valence-electron chi connectivity index (χ1n) is 7.81. The molecule has 0 saturated carbocycles. The maximum atomic E-state index is 12.5. The Morgan fingerprint density at radius 2 is 1.96 bits per heavy atom. The Labute approximate surface area is 151 Å². The van der Waals surface area contributed by atoms with Gasteiger partial charge in [0, 0.05) is 29.3 Å². The van der Waals surface area contributed by atoms with Crippen molar-refractivity contribution in [2.24, 2.45) is 5.41 Å². The van der Waals surface area contributed by atoms with Crippen LogP contribution in [0.5, 0.6) is 0 Å². The van der Waals surface area contributed by atoms with Crippen LogP contribution < -0.4 is 5.32 Å². The normalized spacial score (nSPS) is 12.5. The molecule has 7 heteroatoms. The minimum absolute atomic E-state index is 0.0480. The van der Waals surface area contributed by atoms with Crippen molar-refractivity contribution in [1.29, 1.82) is 0 Å². The molecule has 2 rings (SSSR count). The van der Waals surface area contributed by atoms with Crippen LogP contribution in [0.3, 0.4) is 0 Å². The fraction of sp³-hybridized carbons (Fsp3) is 0.333. The zero-order chi connectivity index (χ0) is 18.8. The number of halogens is 1. The zero-order valence-corrected chi connectivity index (χ0v) is 15.3. The number of hydrogen-bond donors (Lipinski definition) is 1. The molecule has 1 amide bonds. The number of non-ortho nitro benzene ring substituents is 1. The van der Waals surface area contributed by atoms with Gasteiger partial charge in [-0.15, -0.1) is 0 Å². The molecule has 0 saturated heterocycles. The van der Waals surface area contributed by atoms with Crippen molar-refractivity contribution in [3.63, 3.8) is 0 Å². The molecule has 0 aliphatic carbocycles. The quantitative estimate of drug-likeness (QED) is 0.494. The molecule has 6 nitrogen and oxygen atoms in total. The summed E-state index contributed by atoms with van der Waals surface area (Å²) in [4.78, 5) is 27.1. The molecule has 1 unspecified atom stereocenters. The lowest BCUT2D eigenvalue weighted by molar-refractivity contribution is -0.384. The fourth-order valence-electron chi connectivity index (χ4n) is 2.05. The van der Waals surface area contributed by atoms with Crippen molar-refractivity contribution in [3.05, 3.63) is 57.2 Å². The van der Waals surface area contributed by atoms with Gasteiger partial charge in [-0.1, -0.05) is 44.5 Å². The fourth-order valence-corrected chi connectivity index (χ4v) is 2.26. The van der Waals surface area contributed by atoms with Crippen molar-refractivity contribution in [1.82, 2.24) is 10.3 Å². The molecule has 0 bridgehead atoms. The molecule has 1 aromatic carbocycles. The van der Waals surface area contributed by atoms with Crippen LogP contribution in [0.4, 0.5) is 5.69 Å². The first kappa shape index (κ1) is 18.9. The Morgan fingerprint density at radius 1 is 1.28 bits per heavy atom. The molecule has 132 valence electrons. The van der Waals surface area contributed by atoms with Gasteiger partial charge in [0.25, 0.3) is 11.6 Å². The molecule has 0 spiro atoms. The van der Waals surface area contributed by atoms with E-state index < -0.39 is 4.92 Å². The molecule has 1 atom stereocenters. The summed E-state index contributed by atoms with van der Waals surface area (Å²) in [5.41, 5.74) is 1.15. The van der Waals surface area contributed by atoms with E-state index >= 15 is 0 Å². The van der Waals surface area contributed by atoms with Gasteiger partial charge < -0.3 is 5.32 Å². The summed E-state index contributed by atoms with van der Waals surface area (Å²) >= 11 is 6.05. The van der Waals surface area contributed by atoms with E-state index in [2.05, 4.69) is 10.3 Å². The number of pyridine rings is 1. The molecule has 1 heterocycles. The van der Waals surface area contributed by atoms with Gasteiger partial charge in [0.15, 0.2) is 0 Å². The monoisotopic (exact) mass is 361 g/mol. The van der Waals surface area contributed by atoms with Crippen molar-refractivity contribution in [2.75, 3.05) is 0 Å². The number of nitro benzene ring substituents is 1. The molecule has 0 radical (unpaired) electrons. The van der Waals surface area contributed by atoms with E-state index in [-0.39, 0.29) is 28.2 Å². The molecule has 0 aliphatic rings. The van der Waals surface area contributed by atoms with E-state index in [1.54, 1.807) is 18.2 Å². The highest BCUT2D eigenvalue weighted by Gasteiger charge is 2.22. The molecule has 25 heavy (non-hydrogen) atoms. The zero-order valence-electron chi connectivity index (χ0n) is 14.5. The third-order valence-electron chi connectivity index (χ3n) is 4.06. The Morgan fingerprint density at radius 3 is 2.56 bits per heavy atom. The lowest BCUT2D eigenvalue weighted by atomic mass is 9.88. The summed E-state index contributed by atoms with van der Waals surface area (Å²) in [6.45, 7) is 8.03. The van der Waals surface area contributed by atoms with E-state index in [4.69, 9.17) is 11.6 Å². The molecule has 1 N–H and O–H groups in total. The predicted molar refractivity (Wildman–Crippen MR) is 97.7 cm³/mol. The number of rotatable bonds is 4. The second-order valence-corrected chi connectivity index (χ2v) is 7.32. The Bertz CT molecular complexity index is 815. The number of nitrogens with one attached hydrogen (secondary N) is 1. The summed E-state index contributed by atoms with van der Waals surface area (Å²) in [5.74, 6) is -0.265. The van der Waals surface area contributed by atoms with Crippen LogP contribution in [0.2, 0.25) is 5.15 Å². The number of amides is 1. The summed E-state index contributed by atoms with van der Waals surface area (Å²) in [7, 11) is 0. The summed E-state index contributed by atoms with van der Waals surface area (Å²) < 4.78 is 0.